The highest BCUT2D eigenvalue weighted by molar-refractivity contribution is 6.03. The maximum atomic E-state index is 13.2. The molecule has 1 heterocycles. The van der Waals surface area contributed by atoms with Crippen LogP contribution in [0.15, 0.2) is 54.6 Å². The van der Waals surface area contributed by atoms with Gasteiger partial charge in [0, 0.05) is 17.4 Å². The molecule has 0 aliphatic heterocycles. The van der Waals surface area contributed by atoms with Gasteiger partial charge in [-0.3, -0.25) is 4.79 Å². The molecule has 0 bridgehead atoms. The zero-order chi connectivity index (χ0) is 17.8. The number of benzene rings is 2. The number of amides is 1. The predicted molar refractivity (Wildman–Crippen MR) is 95.6 cm³/mol. The Morgan fingerprint density at radius 1 is 1.00 bits per heavy atom. The highest BCUT2D eigenvalue weighted by Gasteiger charge is 2.12. The minimum atomic E-state index is -0.427. The monoisotopic (exact) mass is 336 g/mol. The maximum Gasteiger partial charge on any atom is 0.274 e. The number of aryl methyl sites for hydroxylation is 2. The number of nitrogens with one attached hydrogen (secondary N) is 2. The molecule has 0 unspecified atom stereocenters. The van der Waals surface area contributed by atoms with Crippen molar-refractivity contribution in [3.8, 4) is 0 Å². The molecule has 5 nitrogen and oxygen atoms in total. The van der Waals surface area contributed by atoms with Crippen LogP contribution >= 0.6 is 0 Å². The van der Waals surface area contributed by atoms with Crippen LogP contribution in [0.4, 0.5) is 21.6 Å². The predicted octanol–water partition coefficient (Wildman–Crippen LogP) is 4.23. The van der Waals surface area contributed by atoms with Crippen molar-refractivity contribution in [2.24, 2.45) is 0 Å². The SMILES string of the molecule is Cc1nc(Nc2ccccc2C)cc(C(=O)Nc2cccc(F)c2)n1. The van der Waals surface area contributed by atoms with E-state index in [-0.39, 0.29) is 5.69 Å². The lowest BCUT2D eigenvalue weighted by Crippen LogP contribution is -2.15. The molecule has 3 rings (SSSR count). The van der Waals surface area contributed by atoms with Gasteiger partial charge in [-0.15, -0.1) is 0 Å². The van der Waals surface area contributed by atoms with Crippen molar-refractivity contribution in [1.82, 2.24) is 9.97 Å². The zero-order valence-corrected chi connectivity index (χ0v) is 13.9. The van der Waals surface area contributed by atoms with Crippen LogP contribution < -0.4 is 10.6 Å². The largest absolute Gasteiger partial charge is 0.340 e. The molecule has 0 fully saturated rings. The summed E-state index contributed by atoms with van der Waals surface area (Å²) in [4.78, 5) is 20.9. The number of hydrogen-bond acceptors (Lipinski definition) is 4. The number of rotatable bonds is 4. The first-order chi connectivity index (χ1) is 12.0. The Kier molecular flexibility index (Phi) is 4.70. The summed E-state index contributed by atoms with van der Waals surface area (Å²) in [6, 6.07) is 15.0. The fourth-order valence-electron chi connectivity index (χ4n) is 2.36. The van der Waals surface area contributed by atoms with Crippen LogP contribution in [0.2, 0.25) is 0 Å². The summed E-state index contributed by atoms with van der Waals surface area (Å²) in [5.41, 5.74) is 2.53. The van der Waals surface area contributed by atoms with Crippen LogP contribution in [0, 0.1) is 19.7 Å². The Morgan fingerprint density at radius 3 is 2.56 bits per heavy atom. The number of carbonyl (C=O) groups excluding carboxylic acids is 1. The van der Waals surface area contributed by atoms with Crippen molar-refractivity contribution in [3.05, 3.63) is 77.5 Å². The Balaban J connectivity index is 1.83. The molecule has 0 saturated heterocycles. The molecule has 0 aliphatic rings. The van der Waals surface area contributed by atoms with Gasteiger partial charge in [0.15, 0.2) is 0 Å². The van der Waals surface area contributed by atoms with E-state index < -0.39 is 11.7 Å². The topological polar surface area (TPSA) is 66.9 Å². The summed E-state index contributed by atoms with van der Waals surface area (Å²) in [5.74, 6) is 0.136. The fourth-order valence-corrected chi connectivity index (χ4v) is 2.36. The Hall–Kier alpha value is -3.28. The molecule has 6 heteroatoms. The zero-order valence-electron chi connectivity index (χ0n) is 13.9. The molecule has 0 spiro atoms. The van der Waals surface area contributed by atoms with Crippen molar-refractivity contribution in [2.75, 3.05) is 10.6 Å². The van der Waals surface area contributed by atoms with E-state index in [9.17, 15) is 9.18 Å². The minimum absolute atomic E-state index is 0.202. The third-order valence-electron chi connectivity index (χ3n) is 3.56. The number of aromatic nitrogens is 2. The molecule has 2 N–H and O–H groups in total. The summed E-state index contributed by atoms with van der Waals surface area (Å²) >= 11 is 0. The summed E-state index contributed by atoms with van der Waals surface area (Å²) in [5, 5.41) is 5.82. The lowest BCUT2D eigenvalue weighted by Gasteiger charge is -2.11. The van der Waals surface area contributed by atoms with Crippen molar-refractivity contribution in [2.45, 2.75) is 13.8 Å². The number of anilines is 3. The second-order valence-electron chi connectivity index (χ2n) is 5.59. The Morgan fingerprint density at radius 2 is 1.80 bits per heavy atom. The van der Waals surface area contributed by atoms with Crippen LogP contribution in [0.25, 0.3) is 0 Å². The number of hydrogen-bond donors (Lipinski definition) is 2. The lowest BCUT2D eigenvalue weighted by molar-refractivity contribution is 0.102. The van der Waals surface area contributed by atoms with Crippen molar-refractivity contribution in [3.63, 3.8) is 0 Å². The summed E-state index contributed by atoms with van der Waals surface area (Å²) < 4.78 is 13.2. The molecular weight excluding hydrogens is 319 g/mol. The molecule has 1 amide bonds. The van der Waals surface area contributed by atoms with Gasteiger partial charge in [-0.05, 0) is 43.7 Å². The lowest BCUT2D eigenvalue weighted by atomic mass is 10.2. The van der Waals surface area contributed by atoms with Gasteiger partial charge in [0.05, 0.1) is 0 Å². The molecule has 2 aromatic carbocycles. The van der Waals surface area contributed by atoms with Crippen LogP contribution in [0.3, 0.4) is 0 Å². The summed E-state index contributed by atoms with van der Waals surface area (Å²) in [7, 11) is 0. The molecular formula is C19H17FN4O. The highest BCUT2D eigenvalue weighted by Crippen LogP contribution is 2.19. The standard InChI is InChI=1S/C19H17FN4O/c1-12-6-3-4-9-16(12)24-18-11-17(21-13(2)22-18)19(25)23-15-8-5-7-14(20)10-15/h3-11H,1-2H3,(H,23,25)(H,21,22,24). The van der Waals surface area contributed by atoms with Gasteiger partial charge >= 0.3 is 0 Å². The molecule has 25 heavy (non-hydrogen) atoms. The van der Waals surface area contributed by atoms with Crippen LogP contribution in [0.1, 0.15) is 21.9 Å². The van der Waals surface area contributed by atoms with E-state index in [1.165, 1.54) is 18.2 Å². The van der Waals surface area contributed by atoms with E-state index in [1.807, 2.05) is 31.2 Å². The van der Waals surface area contributed by atoms with Crippen LogP contribution in [-0.4, -0.2) is 15.9 Å². The fraction of sp³-hybridized carbons (Fsp3) is 0.105. The van der Waals surface area contributed by atoms with E-state index >= 15 is 0 Å². The Labute approximate surface area is 145 Å². The maximum absolute atomic E-state index is 13.2. The van der Waals surface area contributed by atoms with E-state index in [0.29, 0.717) is 17.3 Å². The van der Waals surface area contributed by atoms with E-state index in [2.05, 4.69) is 20.6 Å². The third-order valence-corrected chi connectivity index (χ3v) is 3.56. The van der Waals surface area contributed by atoms with Gasteiger partial charge in [0.1, 0.15) is 23.2 Å². The van der Waals surface area contributed by atoms with Gasteiger partial charge in [0.25, 0.3) is 5.91 Å². The van der Waals surface area contributed by atoms with E-state index in [0.717, 1.165) is 11.3 Å². The van der Waals surface area contributed by atoms with Gasteiger partial charge in [-0.25, -0.2) is 14.4 Å². The van der Waals surface area contributed by atoms with Crippen molar-refractivity contribution < 1.29 is 9.18 Å². The quantitative estimate of drug-likeness (QED) is 0.748. The molecule has 126 valence electrons. The smallest absolute Gasteiger partial charge is 0.274 e. The van der Waals surface area contributed by atoms with Gasteiger partial charge < -0.3 is 10.6 Å². The molecule has 0 aliphatic carbocycles. The number of nitrogens with zero attached hydrogens (tertiary/aromatic N) is 2. The Bertz CT molecular complexity index is 927. The van der Waals surface area contributed by atoms with Crippen LogP contribution in [0.5, 0.6) is 0 Å². The van der Waals surface area contributed by atoms with E-state index in [1.54, 1.807) is 19.1 Å². The van der Waals surface area contributed by atoms with Crippen molar-refractivity contribution >= 4 is 23.1 Å². The summed E-state index contributed by atoms with van der Waals surface area (Å²) in [6.07, 6.45) is 0. The first-order valence-electron chi connectivity index (χ1n) is 7.76. The van der Waals surface area contributed by atoms with Crippen LogP contribution in [-0.2, 0) is 0 Å². The first-order valence-corrected chi connectivity index (χ1v) is 7.76. The number of carbonyl (C=O) groups is 1. The number of para-hydroxylation sites is 1. The highest BCUT2D eigenvalue weighted by atomic mass is 19.1. The van der Waals surface area contributed by atoms with Gasteiger partial charge in [-0.1, -0.05) is 24.3 Å². The summed E-state index contributed by atoms with van der Waals surface area (Å²) in [6.45, 7) is 3.69. The van der Waals surface area contributed by atoms with Crippen molar-refractivity contribution in [1.29, 1.82) is 0 Å². The molecule has 0 radical (unpaired) electrons. The molecule has 0 atom stereocenters. The van der Waals surface area contributed by atoms with Gasteiger partial charge in [-0.2, -0.15) is 0 Å². The average Bonchev–Trinajstić information content (AvgIpc) is 2.56. The number of halogens is 1. The van der Waals surface area contributed by atoms with Gasteiger partial charge in [0.2, 0.25) is 0 Å². The normalized spacial score (nSPS) is 10.4. The van der Waals surface area contributed by atoms with E-state index in [4.69, 9.17) is 0 Å². The third kappa shape index (κ3) is 4.17. The first kappa shape index (κ1) is 16.6. The molecule has 0 saturated carbocycles. The average molecular weight is 336 g/mol. The molecule has 3 aromatic rings. The molecule has 1 aromatic heterocycles. The minimum Gasteiger partial charge on any atom is -0.340 e. The second kappa shape index (κ2) is 7.09. The second-order valence-corrected chi connectivity index (χ2v) is 5.59.